The molecule has 0 aromatic heterocycles. The van der Waals surface area contributed by atoms with Crippen LogP contribution in [-0.4, -0.2) is 20.1 Å². The topological polar surface area (TPSA) is 33.3 Å². The average Bonchev–Trinajstić information content (AvgIpc) is 2.46. The maximum Gasteiger partial charge on any atom is 0.127 e. The second-order valence-corrected chi connectivity index (χ2v) is 4.32. The summed E-state index contributed by atoms with van der Waals surface area (Å²) in [5.74, 6) is 1.71. The first-order chi connectivity index (χ1) is 9.38. The van der Waals surface area contributed by atoms with Gasteiger partial charge in [0.2, 0.25) is 0 Å². The summed E-state index contributed by atoms with van der Waals surface area (Å²) in [7, 11) is 1.97. The van der Waals surface area contributed by atoms with Crippen molar-refractivity contribution in [1.82, 2.24) is 5.32 Å². The molecule has 3 nitrogen and oxygen atoms in total. The van der Waals surface area contributed by atoms with Crippen molar-refractivity contribution in [3.8, 4) is 11.5 Å². The van der Waals surface area contributed by atoms with Gasteiger partial charge in [-0.25, -0.2) is 0 Å². The van der Waals surface area contributed by atoms with Crippen LogP contribution in [0.1, 0.15) is 6.42 Å². The number of benzene rings is 2. The van der Waals surface area contributed by atoms with Crippen molar-refractivity contribution in [2.24, 2.45) is 0 Å². The van der Waals surface area contributed by atoms with E-state index in [1.807, 2.05) is 61.6 Å². The Bertz CT molecular complexity index is 468. The van der Waals surface area contributed by atoms with Crippen molar-refractivity contribution in [1.29, 1.82) is 0 Å². The fourth-order valence-electron chi connectivity index (χ4n) is 1.76. The van der Waals surface area contributed by atoms with Gasteiger partial charge in [0.1, 0.15) is 11.5 Å². The van der Waals surface area contributed by atoms with Crippen molar-refractivity contribution < 1.29 is 4.74 Å². The standard InChI is InChI=1S/C16H20N2O/c1-17-12-5-13-18-14-8-10-16(11-9-14)19-15-6-3-2-4-7-15/h2-4,6-11,17-18H,5,12-13H2,1H3. The number of nitrogens with one attached hydrogen (secondary N) is 2. The molecule has 0 atom stereocenters. The molecule has 0 saturated carbocycles. The Hall–Kier alpha value is -2.00. The van der Waals surface area contributed by atoms with Crippen LogP contribution in [-0.2, 0) is 0 Å². The molecular formula is C16H20N2O. The van der Waals surface area contributed by atoms with Crippen molar-refractivity contribution in [3.05, 3.63) is 54.6 Å². The van der Waals surface area contributed by atoms with Crippen molar-refractivity contribution in [3.63, 3.8) is 0 Å². The van der Waals surface area contributed by atoms with E-state index in [9.17, 15) is 0 Å². The summed E-state index contributed by atoms with van der Waals surface area (Å²) in [6.07, 6.45) is 1.11. The molecule has 0 radical (unpaired) electrons. The molecule has 3 heteroatoms. The minimum absolute atomic E-state index is 0.854. The van der Waals surface area contributed by atoms with Gasteiger partial charge >= 0.3 is 0 Å². The summed E-state index contributed by atoms with van der Waals surface area (Å²) >= 11 is 0. The van der Waals surface area contributed by atoms with Crippen LogP contribution in [0.3, 0.4) is 0 Å². The highest BCUT2D eigenvalue weighted by atomic mass is 16.5. The number of rotatable bonds is 7. The Morgan fingerprint density at radius 1 is 0.842 bits per heavy atom. The molecule has 0 aliphatic carbocycles. The minimum Gasteiger partial charge on any atom is -0.457 e. The van der Waals surface area contributed by atoms with Gasteiger partial charge in [0, 0.05) is 12.2 Å². The summed E-state index contributed by atoms with van der Waals surface area (Å²) in [6, 6.07) is 17.8. The zero-order chi connectivity index (χ0) is 13.3. The van der Waals surface area contributed by atoms with E-state index in [4.69, 9.17) is 4.74 Å². The lowest BCUT2D eigenvalue weighted by Gasteiger charge is -2.08. The zero-order valence-corrected chi connectivity index (χ0v) is 11.2. The number of hydrogen-bond acceptors (Lipinski definition) is 3. The fourth-order valence-corrected chi connectivity index (χ4v) is 1.76. The predicted molar refractivity (Wildman–Crippen MR) is 80.0 cm³/mol. The number of hydrogen-bond donors (Lipinski definition) is 2. The molecule has 19 heavy (non-hydrogen) atoms. The monoisotopic (exact) mass is 256 g/mol. The van der Waals surface area contributed by atoms with Gasteiger partial charge in [0.25, 0.3) is 0 Å². The molecular weight excluding hydrogens is 236 g/mol. The van der Waals surface area contributed by atoms with Crippen molar-refractivity contribution >= 4 is 5.69 Å². The smallest absolute Gasteiger partial charge is 0.127 e. The van der Waals surface area contributed by atoms with Gasteiger partial charge in [-0.2, -0.15) is 0 Å². The van der Waals surface area contributed by atoms with E-state index in [-0.39, 0.29) is 0 Å². The Labute approximate surface area is 114 Å². The van der Waals surface area contributed by atoms with Crippen LogP contribution in [0.15, 0.2) is 54.6 Å². The molecule has 0 aliphatic rings. The third-order valence-corrected chi connectivity index (χ3v) is 2.77. The fraction of sp³-hybridized carbons (Fsp3) is 0.250. The van der Waals surface area contributed by atoms with E-state index in [0.717, 1.165) is 36.7 Å². The largest absolute Gasteiger partial charge is 0.457 e. The molecule has 0 spiro atoms. The van der Waals surface area contributed by atoms with E-state index >= 15 is 0 Å². The first kappa shape index (κ1) is 13.4. The van der Waals surface area contributed by atoms with E-state index in [2.05, 4.69) is 10.6 Å². The molecule has 2 aromatic carbocycles. The van der Waals surface area contributed by atoms with E-state index in [1.54, 1.807) is 0 Å². The minimum atomic E-state index is 0.854. The maximum atomic E-state index is 5.74. The first-order valence-corrected chi connectivity index (χ1v) is 6.60. The van der Waals surface area contributed by atoms with Gasteiger partial charge in [-0.15, -0.1) is 0 Å². The van der Waals surface area contributed by atoms with Crippen molar-refractivity contribution in [2.75, 3.05) is 25.5 Å². The van der Waals surface area contributed by atoms with Crippen LogP contribution < -0.4 is 15.4 Å². The highest BCUT2D eigenvalue weighted by Gasteiger charge is 1.97. The van der Waals surface area contributed by atoms with Gasteiger partial charge in [-0.3, -0.25) is 0 Å². The first-order valence-electron chi connectivity index (χ1n) is 6.60. The third kappa shape index (κ3) is 4.64. The molecule has 0 aliphatic heterocycles. The normalized spacial score (nSPS) is 10.2. The highest BCUT2D eigenvalue weighted by Crippen LogP contribution is 2.22. The Kier molecular flexibility index (Phi) is 5.26. The summed E-state index contributed by atoms with van der Waals surface area (Å²) < 4.78 is 5.74. The number of para-hydroxylation sites is 1. The van der Waals surface area contributed by atoms with Crippen LogP contribution in [0.5, 0.6) is 11.5 Å². The lowest BCUT2D eigenvalue weighted by Crippen LogP contribution is -2.12. The molecule has 100 valence electrons. The second-order valence-electron chi connectivity index (χ2n) is 4.32. The summed E-state index contributed by atoms with van der Waals surface area (Å²) in [6.45, 7) is 2.00. The molecule has 2 aromatic rings. The molecule has 0 heterocycles. The quantitative estimate of drug-likeness (QED) is 0.744. The van der Waals surface area contributed by atoms with Crippen LogP contribution in [0.25, 0.3) is 0 Å². The van der Waals surface area contributed by atoms with Crippen LogP contribution >= 0.6 is 0 Å². The Morgan fingerprint density at radius 3 is 2.21 bits per heavy atom. The lowest BCUT2D eigenvalue weighted by atomic mass is 10.3. The average molecular weight is 256 g/mol. The molecule has 2 rings (SSSR count). The molecule has 0 bridgehead atoms. The molecule has 0 saturated heterocycles. The summed E-state index contributed by atoms with van der Waals surface area (Å²) in [4.78, 5) is 0. The maximum absolute atomic E-state index is 5.74. The summed E-state index contributed by atoms with van der Waals surface area (Å²) in [5.41, 5.74) is 1.12. The Morgan fingerprint density at radius 2 is 1.53 bits per heavy atom. The number of anilines is 1. The lowest BCUT2D eigenvalue weighted by molar-refractivity contribution is 0.483. The zero-order valence-electron chi connectivity index (χ0n) is 11.2. The number of ether oxygens (including phenoxy) is 1. The van der Waals surface area contributed by atoms with Crippen LogP contribution in [0.2, 0.25) is 0 Å². The SMILES string of the molecule is CNCCCNc1ccc(Oc2ccccc2)cc1. The highest BCUT2D eigenvalue weighted by molar-refractivity contribution is 5.47. The molecule has 0 amide bonds. The van der Waals surface area contributed by atoms with Gasteiger partial charge in [0.05, 0.1) is 0 Å². The van der Waals surface area contributed by atoms with E-state index in [0.29, 0.717) is 0 Å². The third-order valence-electron chi connectivity index (χ3n) is 2.77. The van der Waals surface area contributed by atoms with E-state index < -0.39 is 0 Å². The van der Waals surface area contributed by atoms with Crippen molar-refractivity contribution in [2.45, 2.75) is 6.42 Å². The predicted octanol–water partition coefficient (Wildman–Crippen LogP) is 3.50. The molecule has 2 N–H and O–H groups in total. The van der Waals surface area contributed by atoms with Gasteiger partial charge in [-0.1, -0.05) is 18.2 Å². The van der Waals surface area contributed by atoms with Crippen LogP contribution in [0, 0.1) is 0 Å². The van der Waals surface area contributed by atoms with Crippen LogP contribution in [0.4, 0.5) is 5.69 Å². The molecule has 0 fully saturated rings. The Balaban J connectivity index is 1.84. The molecule has 0 unspecified atom stereocenters. The van der Waals surface area contributed by atoms with E-state index in [1.165, 1.54) is 0 Å². The van der Waals surface area contributed by atoms with Gasteiger partial charge in [0.15, 0.2) is 0 Å². The van der Waals surface area contributed by atoms with Gasteiger partial charge < -0.3 is 15.4 Å². The van der Waals surface area contributed by atoms with Gasteiger partial charge in [-0.05, 0) is 56.4 Å². The summed E-state index contributed by atoms with van der Waals surface area (Å²) in [5, 5.41) is 6.51. The second kappa shape index (κ2) is 7.44.